The van der Waals surface area contributed by atoms with Crippen molar-refractivity contribution in [2.24, 2.45) is 0 Å². The molecule has 0 aromatic heterocycles. The minimum Gasteiger partial charge on any atom is -0.338 e. The number of hydrogen-bond acceptors (Lipinski definition) is 2. The van der Waals surface area contributed by atoms with Gasteiger partial charge in [-0.2, -0.15) is 0 Å². The van der Waals surface area contributed by atoms with Gasteiger partial charge in [-0.3, -0.25) is 4.79 Å². The van der Waals surface area contributed by atoms with Crippen LogP contribution in [0, 0.1) is 0 Å². The molecule has 0 saturated heterocycles. The van der Waals surface area contributed by atoms with Crippen LogP contribution in [-0.4, -0.2) is 42.9 Å². The molecule has 1 heterocycles. The van der Waals surface area contributed by atoms with Crippen LogP contribution in [0.25, 0.3) is 0 Å². The summed E-state index contributed by atoms with van der Waals surface area (Å²) < 4.78 is 0. The highest BCUT2D eigenvalue weighted by Gasteiger charge is 2.45. The molecule has 1 amide bonds. The molecule has 3 nitrogen and oxygen atoms in total. The molecule has 0 fully saturated rings. The highest BCUT2D eigenvalue weighted by molar-refractivity contribution is 5.90. The predicted molar refractivity (Wildman–Crippen MR) is 106 cm³/mol. The average molecular weight is 345 g/mol. The predicted octanol–water partition coefficient (Wildman–Crippen LogP) is 4.60. The number of unbranched alkanes of at least 4 members (excludes halogenated alkanes) is 2. The zero-order chi connectivity index (χ0) is 18.3. The van der Waals surface area contributed by atoms with Crippen LogP contribution >= 0.6 is 0 Å². The first-order chi connectivity index (χ1) is 12.0. The Balaban J connectivity index is 2.33. The van der Waals surface area contributed by atoms with E-state index >= 15 is 0 Å². The third kappa shape index (κ3) is 4.63. The summed E-state index contributed by atoms with van der Waals surface area (Å²) in [6.45, 7) is 7.12. The summed E-state index contributed by atoms with van der Waals surface area (Å²) in [4.78, 5) is 17.9. The first kappa shape index (κ1) is 20.0. The van der Waals surface area contributed by atoms with Crippen LogP contribution in [0.3, 0.4) is 0 Å². The Kier molecular flexibility index (Phi) is 7.49. The van der Waals surface area contributed by atoms with Crippen molar-refractivity contribution in [3.8, 4) is 0 Å². The van der Waals surface area contributed by atoms with Crippen LogP contribution < -0.4 is 0 Å². The lowest BCUT2D eigenvalue weighted by Gasteiger charge is -2.44. The van der Waals surface area contributed by atoms with Crippen molar-refractivity contribution < 1.29 is 4.79 Å². The second-order valence-corrected chi connectivity index (χ2v) is 7.83. The summed E-state index contributed by atoms with van der Waals surface area (Å²) >= 11 is 0. The summed E-state index contributed by atoms with van der Waals surface area (Å²) in [5, 5.41) is 0. The molecule has 0 spiro atoms. The van der Waals surface area contributed by atoms with Gasteiger partial charge in [-0.25, -0.2) is 0 Å². The third-order valence-corrected chi connectivity index (χ3v) is 5.54. The van der Waals surface area contributed by atoms with Crippen LogP contribution in [0.5, 0.6) is 0 Å². The number of rotatable bonds is 10. The van der Waals surface area contributed by atoms with Crippen LogP contribution in [0.15, 0.2) is 24.3 Å². The van der Waals surface area contributed by atoms with E-state index in [1.165, 1.54) is 11.1 Å². The maximum absolute atomic E-state index is 13.6. The molecule has 1 aromatic carbocycles. The number of carbonyl (C=O) groups excluding carboxylic acids is 1. The Morgan fingerprint density at radius 3 is 2.28 bits per heavy atom. The monoisotopic (exact) mass is 344 g/mol. The van der Waals surface area contributed by atoms with Crippen molar-refractivity contribution >= 4 is 5.91 Å². The van der Waals surface area contributed by atoms with Crippen LogP contribution in [0.4, 0.5) is 0 Å². The van der Waals surface area contributed by atoms with Gasteiger partial charge in [0.2, 0.25) is 5.91 Å². The van der Waals surface area contributed by atoms with E-state index in [9.17, 15) is 4.79 Å². The molecule has 0 N–H and O–H groups in total. The van der Waals surface area contributed by atoms with Gasteiger partial charge < -0.3 is 9.80 Å². The molecule has 1 aromatic rings. The zero-order valence-corrected chi connectivity index (χ0v) is 16.7. The lowest BCUT2D eigenvalue weighted by molar-refractivity contribution is -0.140. The Hall–Kier alpha value is -1.35. The van der Waals surface area contributed by atoms with Gasteiger partial charge in [-0.1, -0.05) is 63.8 Å². The van der Waals surface area contributed by atoms with E-state index in [2.05, 4.69) is 62.0 Å². The molecule has 140 valence electrons. The first-order valence-electron chi connectivity index (χ1n) is 10.1. The van der Waals surface area contributed by atoms with Crippen molar-refractivity contribution in [2.45, 2.75) is 70.8 Å². The summed E-state index contributed by atoms with van der Waals surface area (Å²) in [6, 6.07) is 8.68. The number of carbonyl (C=O) groups is 1. The van der Waals surface area contributed by atoms with Gasteiger partial charge >= 0.3 is 0 Å². The molecule has 1 aliphatic rings. The van der Waals surface area contributed by atoms with E-state index < -0.39 is 0 Å². The van der Waals surface area contributed by atoms with E-state index in [0.29, 0.717) is 5.91 Å². The van der Waals surface area contributed by atoms with Crippen LogP contribution in [-0.2, 0) is 16.8 Å². The van der Waals surface area contributed by atoms with E-state index in [1.54, 1.807) is 0 Å². The SMILES string of the molecule is CCCCC1(CCCC)C(=O)N(CCCN(C)C)Cc2ccccc21. The highest BCUT2D eigenvalue weighted by atomic mass is 16.2. The van der Waals surface area contributed by atoms with Crippen molar-refractivity contribution in [2.75, 3.05) is 27.2 Å². The minimum absolute atomic E-state index is 0.293. The smallest absolute Gasteiger partial charge is 0.233 e. The molecule has 0 unspecified atom stereocenters. The van der Waals surface area contributed by atoms with Crippen molar-refractivity contribution in [1.29, 1.82) is 0 Å². The van der Waals surface area contributed by atoms with E-state index in [4.69, 9.17) is 0 Å². The Labute approximate surface area is 154 Å². The van der Waals surface area contributed by atoms with E-state index in [-0.39, 0.29) is 5.41 Å². The van der Waals surface area contributed by atoms with E-state index in [1.807, 2.05) is 0 Å². The topological polar surface area (TPSA) is 23.6 Å². The van der Waals surface area contributed by atoms with Gasteiger partial charge in [0.15, 0.2) is 0 Å². The Bertz CT molecular complexity index is 545. The zero-order valence-electron chi connectivity index (χ0n) is 16.7. The number of amides is 1. The third-order valence-electron chi connectivity index (χ3n) is 5.54. The largest absolute Gasteiger partial charge is 0.338 e. The highest BCUT2D eigenvalue weighted by Crippen LogP contribution is 2.42. The molecule has 0 radical (unpaired) electrons. The number of fused-ring (bicyclic) bond motifs is 1. The molecule has 25 heavy (non-hydrogen) atoms. The molecule has 0 atom stereocenters. The number of nitrogens with zero attached hydrogens (tertiary/aromatic N) is 2. The molecule has 3 heteroatoms. The molecule has 0 bridgehead atoms. The second-order valence-electron chi connectivity index (χ2n) is 7.83. The fraction of sp³-hybridized carbons (Fsp3) is 0.682. The van der Waals surface area contributed by atoms with Gasteiger partial charge in [0.25, 0.3) is 0 Å². The summed E-state index contributed by atoms with van der Waals surface area (Å²) in [7, 11) is 4.19. The van der Waals surface area contributed by atoms with Crippen LogP contribution in [0.1, 0.15) is 69.9 Å². The summed E-state index contributed by atoms with van der Waals surface area (Å²) in [6.07, 6.45) is 7.55. The molecular formula is C22H36N2O. The Morgan fingerprint density at radius 1 is 1.04 bits per heavy atom. The Morgan fingerprint density at radius 2 is 1.68 bits per heavy atom. The lowest BCUT2D eigenvalue weighted by atomic mass is 9.68. The fourth-order valence-electron chi connectivity index (χ4n) is 4.14. The van der Waals surface area contributed by atoms with Gasteiger partial charge in [0, 0.05) is 13.1 Å². The minimum atomic E-state index is -0.293. The van der Waals surface area contributed by atoms with Gasteiger partial charge in [-0.15, -0.1) is 0 Å². The molecular weight excluding hydrogens is 308 g/mol. The molecule has 0 saturated carbocycles. The number of hydrogen-bond donors (Lipinski definition) is 0. The molecule has 2 rings (SSSR count). The van der Waals surface area contributed by atoms with Crippen molar-refractivity contribution in [3.05, 3.63) is 35.4 Å². The van der Waals surface area contributed by atoms with Gasteiger partial charge in [0.05, 0.1) is 5.41 Å². The average Bonchev–Trinajstić information content (AvgIpc) is 2.61. The molecule has 1 aliphatic heterocycles. The summed E-state index contributed by atoms with van der Waals surface area (Å²) in [5.41, 5.74) is 2.38. The maximum Gasteiger partial charge on any atom is 0.233 e. The van der Waals surface area contributed by atoms with Crippen molar-refractivity contribution in [3.63, 3.8) is 0 Å². The maximum atomic E-state index is 13.6. The fourth-order valence-corrected chi connectivity index (χ4v) is 4.14. The summed E-state index contributed by atoms with van der Waals surface area (Å²) in [5.74, 6) is 0.381. The lowest BCUT2D eigenvalue weighted by Crippen LogP contribution is -2.51. The standard InChI is InChI=1S/C22H36N2O/c1-5-7-14-22(15-8-6-2)20-13-10-9-12-19(20)18-24(21(22)25)17-11-16-23(3)4/h9-10,12-13H,5-8,11,14-18H2,1-4H3. The first-order valence-corrected chi connectivity index (χ1v) is 10.1. The van der Waals surface area contributed by atoms with E-state index in [0.717, 1.165) is 64.6 Å². The normalized spacial score (nSPS) is 16.4. The quantitative estimate of drug-likeness (QED) is 0.619. The van der Waals surface area contributed by atoms with Crippen LogP contribution in [0.2, 0.25) is 0 Å². The van der Waals surface area contributed by atoms with Crippen molar-refractivity contribution in [1.82, 2.24) is 9.80 Å². The van der Waals surface area contributed by atoms with Gasteiger partial charge in [0.1, 0.15) is 0 Å². The second kappa shape index (κ2) is 9.38. The van der Waals surface area contributed by atoms with Gasteiger partial charge in [-0.05, 0) is 51.0 Å². The number of benzene rings is 1. The molecule has 0 aliphatic carbocycles.